The molecule has 1 aliphatic carbocycles. The summed E-state index contributed by atoms with van der Waals surface area (Å²) in [6.07, 6.45) is 8.56. The molecule has 1 heterocycles. The van der Waals surface area contributed by atoms with Crippen LogP contribution in [0.15, 0.2) is 6.07 Å². The zero-order valence-electron chi connectivity index (χ0n) is 10.3. The van der Waals surface area contributed by atoms with Crippen LogP contribution in [-0.2, 0) is 0 Å². The summed E-state index contributed by atoms with van der Waals surface area (Å²) >= 11 is 5.93. The van der Waals surface area contributed by atoms with Crippen LogP contribution in [-0.4, -0.2) is 0 Å². The van der Waals surface area contributed by atoms with Crippen molar-refractivity contribution in [3.05, 3.63) is 21.4 Å². The Morgan fingerprint density at radius 1 is 1.19 bits per heavy atom. The van der Waals surface area contributed by atoms with Gasteiger partial charge in [0, 0.05) is 9.75 Å². The van der Waals surface area contributed by atoms with Crippen molar-refractivity contribution in [3.8, 4) is 0 Å². The summed E-state index contributed by atoms with van der Waals surface area (Å²) in [7, 11) is 0. The van der Waals surface area contributed by atoms with Crippen molar-refractivity contribution in [1.29, 1.82) is 0 Å². The first-order valence-corrected chi connectivity index (χ1v) is 8.12. The van der Waals surface area contributed by atoms with Crippen molar-refractivity contribution >= 4 is 27.3 Å². The molecule has 1 unspecified atom stereocenters. The molecule has 0 aromatic carbocycles. The Balaban J connectivity index is 2.10. The second-order valence-electron chi connectivity index (χ2n) is 5.06. The average Bonchev–Trinajstić information content (AvgIpc) is 2.49. The van der Waals surface area contributed by atoms with E-state index in [4.69, 9.17) is 0 Å². The minimum Gasteiger partial charge on any atom is -0.144 e. The Labute approximate surface area is 112 Å². The van der Waals surface area contributed by atoms with Gasteiger partial charge in [-0.15, -0.1) is 11.3 Å². The smallest absolute Gasteiger partial charge is 0.0520 e. The van der Waals surface area contributed by atoms with Crippen molar-refractivity contribution in [2.75, 3.05) is 0 Å². The van der Waals surface area contributed by atoms with Crippen LogP contribution in [0.3, 0.4) is 0 Å². The number of alkyl halides is 1. The molecule has 1 saturated carbocycles. The molecule has 0 nitrogen and oxygen atoms in total. The Morgan fingerprint density at radius 2 is 1.81 bits per heavy atom. The minimum atomic E-state index is 0.601. The highest BCUT2D eigenvalue weighted by Gasteiger charge is 2.24. The van der Waals surface area contributed by atoms with Crippen LogP contribution in [0, 0.1) is 19.8 Å². The first-order chi connectivity index (χ1) is 7.68. The third-order valence-electron chi connectivity index (χ3n) is 3.64. The zero-order valence-corrected chi connectivity index (χ0v) is 12.7. The van der Waals surface area contributed by atoms with Crippen molar-refractivity contribution in [1.82, 2.24) is 0 Å². The standard InChI is InChI=1S/C14H21BrS/c1-10-9-11(2)16-14(10)13(15)12-7-5-3-4-6-8-12/h9,12-13H,3-8H2,1-2H3. The molecule has 1 aliphatic rings. The van der Waals surface area contributed by atoms with E-state index >= 15 is 0 Å². The van der Waals surface area contributed by atoms with E-state index in [1.54, 1.807) is 4.88 Å². The number of aryl methyl sites for hydroxylation is 2. The van der Waals surface area contributed by atoms with E-state index in [1.807, 2.05) is 11.3 Å². The third-order valence-corrected chi connectivity index (χ3v) is 6.39. The van der Waals surface area contributed by atoms with Gasteiger partial charge in [0.1, 0.15) is 0 Å². The van der Waals surface area contributed by atoms with Crippen molar-refractivity contribution < 1.29 is 0 Å². The van der Waals surface area contributed by atoms with Gasteiger partial charge in [0.25, 0.3) is 0 Å². The first kappa shape index (κ1) is 12.6. The van der Waals surface area contributed by atoms with Crippen LogP contribution in [0.1, 0.15) is 58.7 Å². The molecule has 0 bridgehead atoms. The van der Waals surface area contributed by atoms with Gasteiger partial charge in [-0.05, 0) is 44.2 Å². The third kappa shape index (κ3) is 2.89. The van der Waals surface area contributed by atoms with E-state index in [2.05, 4.69) is 35.8 Å². The van der Waals surface area contributed by atoms with Gasteiger partial charge >= 0.3 is 0 Å². The monoisotopic (exact) mass is 300 g/mol. The molecule has 2 rings (SSSR count). The minimum absolute atomic E-state index is 0.601. The maximum absolute atomic E-state index is 3.96. The van der Waals surface area contributed by atoms with Gasteiger partial charge in [-0.3, -0.25) is 0 Å². The van der Waals surface area contributed by atoms with Gasteiger partial charge in [-0.2, -0.15) is 0 Å². The largest absolute Gasteiger partial charge is 0.144 e. The molecule has 0 radical (unpaired) electrons. The van der Waals surface area contributed by atoms with Gasteiger partial charge in [0.05, 0.1) is 4.83 Å². The summed E-state index contributed by atoms with van der Waals surface area (Å²) in [5, 5.41) is 0. The summed E-state index contributed by atoms with van der Waals surface area (Å²) in [6.45, 7) is 4.47. The predicted molar refractivity (Wildman–Crippen MR) is 76.7 cm³/mol. The summed E-state index contributed by atoms with van der Waals surface area (Å²) in [6, 6.07) is 2.32. The van der Waals surface area contributed by atoms with Crippen LogP contribution in [0.25, 0.3) is 0 Å². The van der Waals surface area contributed by atoms with Crippen LogP contribution in [0.5, 0.6) is 0 Å². The molecule has 16 heavy (non-hydrogen) atoms. The lowest BCUT2D eigenvalue weighted by atomic mass is 9.95. The maximum Gasteiger partial charge on any atom is 0.0520 e. The second-order valence-corrected chi connectivity index (χ2v) is 7.33. The van der Waals surface area contributed by atoms with E-state index < -0.39 is 0 Å². The molecule has 0 N–H and O–H groups in total. The molecule has 2 heteroatoms. The Bertz CT molecular complexity index is 335. The average molecular weight is 301 g/mol. The van der Waals surface area contributed by atoms with Crippen LogP contribution in [0.2, 0.25) is 0 Å². The van der Waals surface area contributed by atoms with E-state index in [0.29, 0.717) is 4.83 Å². The number of thiophene rings is 1. The molecule has 90 valence electrons. The summed E-state index contributed by atoms with van der Waals surface area (Å²) < 4.78 is 0. The van der Waals surface area contributed by atoms with Crippen molar-refractivity contribution in [2.45, 2.75) is 57.2 Å². The van der Waals surface area contributed by atoms with Crippen molar-refractivity contribution in [2.24, 2.45) is 5.92 Å². The number of halogens is 1. The summed E-state index contributed by atoms with van der Waals surface area (Å²) in [5.74, 6) is 0.860. The highest BCUT2D eigenvalue weighted by Crippen LogP contribution is 2.43. The van der Waals surface area contributed by atoms with E-state index in [9.17, 15) is 0 Å². The lowest BCUT2D eigenvalue weighted by Gasteiger charge is -2.20. The molecule has 1 atom stereocenters. The highest BCUT2D eigenvalue weighted by molar-refractivity contribution is 9.09. The number of hydrogen-bond donors (Lipinski definition) is 0. The normalized spacial score (nSPS) is 20.7. The van der Waals surface area contributed by atoms with E-state index in [0.717, 1.165) is 5.92 Å². The van der Waals surface area contributed by atoms with Gasteiger partial charge in [0.15, 0.2) is 0 Å². The lowest BCUT2D eigenvalue weighted by Crippen LogP contribution is -2.06. The van der Waals surface area contributed by atoms with E-state index in [1.165, 1.54) is 49.0 Å². The lowest BCUT2D eigenvalue weighted by molar-refractivity contribution is 0.457. The fourth-order valence-corrected chi connectivity index (χ4v) is 5.03. The topological polar surface area (TPSA) is 0 Å². The molecule has 1 aromatic rings. The fraction of sp³-hybridized carbons (Fsp3) is 0.714. The molecule has 0 amide bonds. The Kier molecular flexibility index (Phi) is 4.48. The summed E-state index contributed by atoms with van der Waals surface area (Å²) in [5.41, 5.74) is 1.48. The van der Waals surface area contributed by atoms with E-state index in [-0.39, 0.29) is 0 Å². The number of hydrogen-bond acceptors (Lipinski definition) is 1. The second kappa shape index (κ2) is 5.68. The first-order valence-electron chi connectivity index (χ1n) is 6.39. The zero-order chi connectivity index (χ0) is 11.5. The highest BCUT2D eigenvalue weighted by atomic mass is 79.9. The molecule has 0 aliphatic heterocycles. The van der Waals surface area contributed by atoms with Crippen LogP contribution >= 0.6 is 27.3 Å². The fourth-order valence-electron chi connectivity index (χ4n) is 2.75. The number of rotatable bonds is 2. The van der Waals surface area contributed by atoms with Crippen LogP contribution < -0.4 is 0 Å². The molecular weight excluding hydrogens is 280 g/mol. The molecule has 0 spiro atoms. The van der Waals surface area contributed by atoms with Crippen molar-refractivity contribution in [3.63, 3.8) is 0 Å². The molecule has 0 saturated heterocycles. The predicted octanol–water partition coefficient (Wildman–Crippen LogP) is 5.77. The van der Waals surface area contributed by atoms with Crippen LogP contribution in [0.4, 0.5) is 0 Å². The van der Waals surface area contributed by atoms with Gasteiger partial charge in [-0.25, -0.2) is 0 Å². The Hall–Kier alpha value is 0.180. The SMILES string of the molecule is Cc1cc(C)c(C(Br)C2CCCCCC2)s1. The quantitative estimate of drug-likeness (QED) is 0.480. The van der Waals surface area contributed by atoms with Gasteiger partial charge in [0.2, 0.25) is 0 Å². The summed E-state index contributed by atoms with van der Waals surface area (Å²) in [4.78, 5) is 3.62. The molecular formula is C14H21BrS. The maximum atomic E-state index is 3.96. The Morgan fingerprint density at radius 3 is 2.31 bits per heavy atom. The van der Waals surface area contributed by atoms with Gasteiger partial charge < -0.3 is 0 Å². The van der Waals surface area contributed by atoms with Gasteiger partial charge in [-0.1, -0.05) is 41.6 Å². The molecule has 1 fully saturated rings. The molecule has 1 aromatic heterocycles.